The molecule has 0 spiro atoms. The van der Waals surface area contributed by atoms with E-state index >= 15 is 0 Å². The zero-order chi connectivity index (χ0) is 60.8. The Hall–Kier alpha value is -5.30. The van der Waals surface area contributed by atoms with Gasteiger partial charge in [0.25, 0.3) is 0 Å². The molecule has 0 aromatic heterocycles. The van der Waals surface area contributed by atoms with Crippen molar-refractivity contribution in [2.24, 2.45) is 0 Å². The lowest BCUT2D eigenvalue weighted by Gasteiger charge is -2.18. The summed E-state index contributed by atoms with van der Waals surface area (Å²) in [7, 11) is 6.96. The van der Waals surface area contributed by atoms with E-state index in [1.807, 2.05) is 25.1 Å². The Morgan fingerprint density at radius 2 is 0.647 bits per heavy atom. The van der Waals surface area contributed by atoms with Gasteiger partial charge >= 0.3 is 0 Å². The Morgan fingerprint density at radius 3 is 1.12 bits per heavy atom. The molecule has 0 radical (unpaired) electrons. The fraction of sp³-hybridized carbons (Fsp3) is 0.468. The molecule has 0 unspecified atom stereocenters. The third-order valence-electron chi connectivity index (χ3n) is 17.1. The van der Waals surface area contributed by atoms with Gasteiger partial charge < -0.3 is 18.9 Å². The fourth-order valence-electron chi connectivity index (χ4n) is 11.9. The van der Waals surface area contributed by atoms with Crippen LogP contribution in [0.5, 0.6) is 23.0 Å². The van der Waals surface area contributed by atoms with Crippen molar-refractivity contribution in [1.29, 1.82) is 0 Å². The molecule has 0 heterocycles. The summed E-state index contributed by atoms with van der Waals surface area (Å²) in [6, 6.07) is 44.8. The number of rotatable bonds is 33. The monoisotopic (exact) mass is 1270 g/mol. The van der Waals surface area contributed by atoms with Crippen LogP contribution in [0, 0.1) is 20.8 Å². The van der Waals surface area contributed by atoms with Gasteiger partial charge in [-0.2, -0.15) is 0 Å². The molecule has 0 fully saturated rings. The molecule has 0 saturated heterocycles. The third kappa shape index (κ3) is 22.1. The number of unbranched alkanes of at least 4 members (excludes halogenated alkanes) is 21. The normalized spacial score (nSPS) is 11.2. The quantitative estimate of drug-likeness (QED) is 0.0384. The highest BCUT2D eigenvalue weighted by Crippen LogP contribution is 2.43. The number of benzene rings is 8. The molecule has 8 rings (SSSR count). The van der Waals surface area contributed by atoms with Crippen molar-refractivity contribution in [3.05, 3.63) is 164 Å². The summed E-state index contributed by atoms with van der Waals surface area (Å²) in [5.74, 6) is 3.58. The van der Waals surface area contributed by atoms with E-state index in [0.29, 0.717) is 0 Å². The van der Waals surface area contributed by atoms with Gasteiger partial charge in [-0.05, 0) is 207 Å². The van der Waals surface area contributed by atoms with Crippen molar-refractivity contribution in [2.75, 3.05) is 28.4 Å². The number of fused-ring (bicyclic) bond motifs is 3. The van der Waals surface area contributed by atoms with Crippen molar-refractivity contribution in [1.82, 2.24) is 0 Å². The second-order valence-corrected chi connectivity index (χ2v) is 25.6. The van der Waals surface area contributed by atoms with Gasteiger partial charge in [0, 0.05) is 15.6 Å². The summed E-state index contributed by atoms with van der Waals surface area (Å²) >= 11 is 6.82. The SMILES string of the molecule is CCCCCCCCCCc1ccc2cc(-c3cc(C)c(-c4cc5ccc(CCCCCCCCCC)cc5cc4OC)cc3OC)c(C)cc2c1.CCCCCCCCCCc1ccc2ccc(OC)cc2c1.COc1cc(Br)c(C)cc1Br. The van der Waals surface area contributed by atoms with Crippen LogP contribution < -0.4 is 18.9 Å². The van der Waals surface area contributed by atoms with Crippen LogP contribution in [0.1, 0.15) is 208 Å². The highest BCUT2D eigenvalue weighted by Gasteiger charge is 2.18. The minimum absolute atomic E-state index is 0.850. The first kappa shape index (κ1) is 68.8. The maximum absolute atomic E-state index is 6.11. The van der Waals surface area contributed by atoms with Gasteiger partial charge in [0.15, 0.2) is 0 Å². The molecule has 8 aromatic carbocycles. The van der Waals surface area contributed by atoms with E-state index in [4.69, 9.17) is 18.9 Å². The standard InChI is InChI=1S/C50H66O2.C21H30O.C8H8Br2O/c1-7-9-11-13-15-17-19-21-23-39-25-27-41-33-45(37(3)29-43(41)31-39)47-30-38(4)46(36-50(47)52-6)48-34-42-28-26-40(32-44(42)35-49(48)51-5)24-22-20-18-16-14-12-10-8-2;1-3-4-5-6-7-8-9-10-11-18-12-13-19-14-15-21(22-2)17-20(19)16-18;1-5-3-7(10)8(11-2)4-6(5)9/h25-36H,7-24H2,1-6H3;12-17H,3-11H2,1-2H3;3-4H,1-2H3. The van der Waals surface area contributed by atoms with Gasteiger partial charge in [-0.15, -0.1) is 0 Å². The Morgan fingerprint density at radius 1 is 0.271 bits per heavy atom. The Labute approximate surface area is 531 Å². The zero-order valence-electron chi connectivity index (χ0n) is 54.0. The van der Waals surface area contributed by atoms with E-state index in [0.717, 1.165) is 55.1 Å². The molecule has 0 bridgehead atoms. The highest BCUT2D eigenvalue weighted by atomic mass is 79.9. The second kappa shape index (κ2) is 38.1. The van der Waals surface area contributed by atoms with E-state index in [-0.39, 0.29) is 0 Å². The lowest BCUT2D eigenvalue weighted by Crippen LogP contribution is -1.96. The molecule has 0 N–H and O–H groups in total. The molecular formula is C79H104Br2O4. The van der Waals surface area contributed by atoms with Gasteiger partial charge in [-0.3, -0.25) is 0 Å². The molecule has 0 aliphatic carbocycles. The molecule has 0 aliphatic rings. The lowest BCUT2D eigenvalue weighted by molar-refractivity contribution is 0.411. The number of halogens is 2. The van der Waals surface area contributed by atoms with Crippen molar-refractivity contribution >= 4 is 64.2 Å². The van der Waals surface area contributed by atoms with Gasteiger partial charge in [-0.25, -0.2) is 0 Å². The van der Waals surface area contributed by atoms with Crippen LogP contribution in [0.2, 0.25) is 0 Å². The number of aryl methyl sites for hydroxylation is 6. The van der Waals surface area contributed by atoms with Crippen LogP contribution in [0.3, 0.4) is 0 Å². The van der Waals surface area contributed by atoms with E-state index in [1.165, 1.54) is 238 Å². The summed E-state index contributed by atoms with van der Waals surface area (Å²) < 4.78 is 24.6. The molecule has 85 heavy (non-hydrogen) atoms. The lowest BCUT2D eigenvalue weighted by atomic mass is 9.90. The van der Waals surface area contributed by atoms with E-state index in [9.17, 15) is 0 Å². The van der Waals surface area contributed by atoms with E-state index in [2.05, 4.69) is 170 Å². The Balaban J connectivity index is 0.000000284. The highest BCUT2D eigenvalue weighted by molar-refractivity contribution is 9.11. The van der Waals surface area contributed by atoms with Gasteiger partial charge in [-0.1, -0.05) is 238 Å². The second-order valence-electron chi connectivity index (χ2n) is 23.9. The largest absolute Gasteiger partial charge is 0.497 e. The first-order valence-corrected chi connectivity index (χ1v) is 34.4. The molecule has 8 aromatic rings. The predicted molar refractivity (Wildman–Crippen MR) is 377 cm³/mol. The number of ether oxygens (including phenoxy) is 4. The van der Waals surface area contributed by atoms with Gasteiger partial charge in [0.1, 0.15) is 23.0 Å². The molecule has 0 atom stereocenters. The van der Waals surface area contributed by atoms with Crippen LogP contribution in [-0.4, -0.2) is 28.4 Å². The minimum Gasteiger partial charge on any atom is -0.497 e. The van der Waals surface area contributed by atoms with Crippen molar-refractivity contribution < 1.29 is 18.9 Å². The summed E-state index contributed by atoms with van der Waals surface area (Å²) in [6.07, 6.45) is 36.3. The maximum Gasteiger partial charge on any atom is 0.134 e. The number of hydrogen-bond donors (Lipinski definition) is 0. The summed E-state index contributed by atoms with van der Waals surface area (Å²) in [6.45, 7) is 13.3. The zero-order valence-corrected chi connectivity index (χ0v) is 57.2. The Bertz CT molecular complexity index is 3270. The first-order valence-electron chi connectivity index (χ1n) is 32.8. The molecule has 0 saturated carbocycles. The van der Waals surface area contributed by atoms with Crippen molar-refractivity contribution in [3.63, 3.8) is 0 Å². The molecule has 0 amide bonds. The van der Waals surface area contributed by atoms with Crippen molar-refractivity contribution in [2.45, 2.75) is 215 Å². The molecule has 6 heteroatoms. The number of hydrogen-bond acceptors (Lipinski definition) is 4. The van der Waals surface area contributed by atoms with Crippen LogP contribution >= 0.6 is 31.9 Å². The Kier molecular flexibility index (Phi) is 30.8. The topological polar surface area (TPSA) is 36.9 Å². The van der Waals surface area contributed by atoms with Crippen molar-refractivity contribution in [3.8, 4) is 45.3 Å². The van der Waals surface area contributed by atoms with Gasteiger partial charge in [0.2, 0.25) is 0 Å². The summed E-state index contributed by atoms with van der Waals surface area (Å²) in [5.41, 5.74) is 12.6. The molecule has 0 aliphatic heterocycles. The molecular weight excluding hydrogens is 1170 g/mol. The molecule has 4 nitrogen and oxygen atoms in total. The maximum atomic E-state index is 6.11. The van der Waals surface area contributed by atoms with E-state index < -0.39 is 0 Å². The first-order chi connectivity index (χ1) is 41.4. The molecule has 458 valence electrons. The van der Waals surface area contributed by atoms with Crippen LogP contribution in [-0.2, 0) is 19.3 Å². The minimum atomic E-state index is 0.850. The average molecular weight is 1280 g/mol. The van der Waals surface area contributed by atoms with Crippen LogP contribution in [0.4, 0.5) is 0 Å². The smallest absolute Gasteiger partial charge is 0.134 e. The summed E-state index contributed by atoms with van der Waals surface area (Å²) in [4.78, 5) is 0. The van der Waals surface area contributed by atoms with Crippen LogP contribution in [0.15, 0.2) is 130 Å². The number of methoxy groups -OCH3 is 4. The third-order valence-corrected chi connectivity index (χ3v) is 18.6. The van der Waals surface area contributed by atoms with Crippen LogP contribution in [0.25, 0.3) is 54.6 Å². The van der Waals surface area contributed by atoms with Gasteiger partial charge in [0.05, 0.1) is 32.9 Å². The predicted octanol–water partition coefficient (Wildman–Crippen LogP) is 25.4. The fourth-order valence-corrected chi connectivity index (χ4v) is 12.8. The van der Waals surface area contributed by atoms with E-state index in [1.54, 1.807) is 28.4 Å². The summed E-state index contributed by atoms with van der Waals surface area (Å²) in [5, 5.41) is 7.67. The average Bonchev–Trinajstić information content (AvgIpc) is 1.62.